The summed E-state index contributed by atoms with van der Waals surface area (Å²) in [5, 5.41) is 15.5. The van der Waals surface area contributed by atoms with Crippen molar-refractivity contribution >= 4 is 5.91 Å². The van der Waals surface area contributed by atoms with Crippen molar-refractivity contribution in [3.8, 4) is 0 Å². The lowest BCUT2D eigenvalue weighted by atomic mass is 10.00. The van der Waals surface area contributed by atoms with Gasteiger partial charge in [0.05, 0.1) is 12.1 Å². The molecule has 1 saturated carbocycles. The maximum Gasteiger partial charge on any atom is 0.237 e. The van der Waals surface area contributed by atoms with E-state index in [4.69, 9.17) is 0 Å². The molecule has 0 spiro atoms. The van der Waals surface area contributed by atoms with Crippen LogP contribution in [0.5, 0.6) is 0 Å². The van der Waals surface area contributed by atoms with Gasteiger partial charge < -0.3 is 15.7 Å². The van der Waals surface area contributed by atoms with Crippen LogP contribution in [0.1, 0.15) is 39.0 Å². The third kappa shape index (κ3) is 2.49. The summed E-state index contributed by atoms with van der Waals surface area (Å²) in [6.07, 6.45) is 4.75. The minimum Gasteiger partial charge on any atom is -0.392 e. The van der Waals surface area contributed by atoms with Crippen LogP contribution in [0.3, 0.4) is 0 Å². The Morgan fingerprint density at radius 2 is 2.13 bits per heavy atom. The smallest absolute Gasteiger partial charge is 0.237 e. The Kier molecular flexibility index (Phi) is 2.98. The zero-order valence-electron chi connectivity index (χ0n) is 9.25. The molecule has 0 bridgehead atoms. The maximum absolute atomic E-state index is 11.9. The Labute approximate surface area is 90.4 Å². The Balaban J connectivity index is 1.86. The Bertz CT molecular complexity index is 249. The SMILES string of the molecule is CC1(NC(=O)C2CC(O)CN2)CCCC1. The molecule has 2 rings (SSSR count). The minimum atomic E-state index is -0.364. The van der Waals surface area contributed by atoms with Crippen molar-refractivity contribution in [1.82, 2.24) is 10.6 Å². The molecule has 1 aliphatic heterocycles. The largest absolute Gasteiger partial charge is 0.392 e. The standard InChI is InChI=1S/C11H20N2O2/c1-11(4-2-3-5-11)13-10(15)9-6-8(14)7-12-9/h8-9,12,14H,2-7H2,1H3,(H,13,15). The number of hydrogen-bond donors (Lipinski definition) is 3. The topological polar surface area (TPSA) is 61.4 Å². The number of amides is 1. The van der Waals surface area contributed by atoms with Crippen molar-refractivity contribution in [3.63, 3.8) is 0 Å². The van der Waals surface area contributed by atoms with E-state index in [0.29, 0.717) is 13.0 Å². The molecule has 2 unspecified atom stereocenters. The van der Waals surface area contributed by atoms with Gasteiger partial charge in [-0.3, -0.25) is 4.79 Å². The van der Waals surface area contributed by atoms with Gasteiger partial charge in [-0.25, -0.2) is 0 Å². The minimum absolute atomic E-state index is 0.00763. The summed E-state index contributed by atoms with van der Waals surface area (Å²) >= 11 is 0. The van der Waals surface area contributed by atoms with Crippen molar-refractivity contribution in [2.45, 2.75) is 56.7 Å². The summed E-state index contributed by atoms with van der Waals surface area (Å²) in [5.41, 5.74) is -0.00763. The van der Waals surface area contributed by atoms with Crippen LogP contribution in [0.15, 0.2) is 0 Å². The van der Waals surface area contributed by atoms with Gasteiger partial charge in [-0.1, -0.05) is 12.8 Å². The van der Waals surface area contributed by atoms with Crippen LogP contribution in [0.25, 0.3) is 0 Å². The highest BCUT2D eigenvalue weighted by Crippen LogP contribution is 2.29. The van der Waals surface area contributed by atoms with Gasteiger partial charge in [-0.2, -0.15) is 0 Å². The number of aliphatic hydroxyl groups is 1. The molecule has 0 aromatic rings. The quantitative estimate of drug-likeness (QED) is 0.611. The highest BCUT2D eigenvalue weighted by Gasteiger charge is 2.34. The summed E-state index contributed by atoms with van der Waals surface area (Å²) in [5.74, 6) is 0.0518. The highest BCUT2D eigenvalue weighted by molar-refractivity contribution is 5.82. The van der Waals surface area contributed by atoms with Crippen LogP contribution >= 0.6 is 0 Å². The van der Waals surface area contributed by atoms with Crippen molar-refractivity contribution in [2.24, 2.45) is 0 Å². The van der Waals surface area contributed by atoms with E-state index in [1.165, 1.54) is 12.8 Å². The van der Waals surface area contributed by atoms with Gasteiger partial charge in [0.1, 0.15) is 0 Å². The van der Waals surface area contributed by atoms with Crippen LogP contribution in [-0.4, -0.2) is 35.2 Å². The number of aliphatic hydroxyl groups excluding tert-OH is 1. The van der Waals surface area contributed by atoms with Crippen molar-refractivity contribution in [3.05, 3.63) is 0 Å². The second-order valence-electron chi connectivity index (χ2n) is 5.11. The lowest BCUT2D eigenvalue weighted by Crippen LogP contribution is -2.50. The maximum atomic E-state index is 11.9. The molecule has 86 valence electrons. The summed E-state index contributed by atoms with van der Waals surface area (Å²) < 4.78 is 0. The van der Waals surface area contributed by atoms with Gasteiger partial charge in [-0.15, -0.1) is 0 Å². The van der Waals surface area contributed by atoms with Gasteiger partial charge in [0.25, 0.3) is 0 Å². The average Bonchev–Trinajstić information content (AvgIpc) is 2.75. The summed E-state index contributed by atoms with van der Waals surface area (Å²) in [6.45, 7) is 2.65. The molecule has 2 aliphatic rings. The first-order valence-corrected chi connectivity index (χ1v) is 5.83. The Morgan fingerprint density at radius 3 is 2.67 bits per heavy atom. The first-order valence-electron chi connectivity index (χ1n) is 5.83. The van der Waals surface area contributed by atoms with Crippen LogP contribution in [0, 0.1) is 0 Å². The lowest BCUT2D eigenvalue weighted by molar-refractivity contribution is -0.124. The molecule has 4 nitrogen and oxygen atoms in total. The molecule has 1 heterocycles. The zero-order valence-corrected chi connectivity index (χ0v) is 9.25. The van der Waals surface area contributed by atoms with Crippen LogP contribution < -0.4 is 10.6 Å². The highest BCUT2D eigenvalue weighted by atomic mass is 16.3. The predicted octanol–water partition coefficient (Wildman–Crippen LogP) is 0.158. The third-order valence-electron chi connectivity index (χ3n) is 3.56. The second-order valence-corrected chi connectivity index (χ2v) is 5.11. The van der Waals surface area contributed by atoms with E-state index in [2.05, 4.69) is 17.6 Å². The number of β-amino-alcohol motifs (C(OH)–C–C–N with tert-alkyl or cyclic N) is 1. The summed E-state index contributed by atoms with van der Waals surface area (Å²) in [7, 11) is 0. The van der Waals surface area contributed by atoms with Crippen molar-refractivity contribution < 1.29 is 9.90 Å². The molecule has 1 saturated heterocycles. The molecule has 0 aromatic heterocycles. The zero-order chi connectivity index (χ0) is 10.9. The molecular formula is C11H20N2O2. The number of hydrogen-bond acceptors (Lipinski definition) is 3. The number of rotatable bonds is 2. The number of nitrogens with one attached hydrogen (secondary N) is 2. The van der Waals surface area contributed by atoms with Gasteiger partial charge in [0.2, 0.25) is 5.91 Å². The first kappa shape index (κ1) is 10.9. The Morgan fingerprint density at radius 1 is 1.47 bits per heavy atom. The molecule has 1 amide bonds. The molecule has 4 heteroatoms. The molecule has 3 N–H and O–H groups in total. The van der Waals surface area contributed by atoms with E-state index >= 15 is 0 Å². The van der Waals surface area contributed by atoms with Gasteiger partial charge in [0, 0.05) is 12.1 Å². The molecule has 2 fully saturated rings. The summed E-state index contributed by atoms with van der Waals surface area (Å²) in [6, 6.07) is -0.197. The first-order chi connectivity index (χ1) is 7.09. The molecule has 0 aromatic carbocycles. The van der Waals surface area contributed by atoms with Crippen molar-refractivity contribution in [2.75, 3.05) is 6.54 Å². The monoisotopic (exact) mass is 212 g/mol. The molecule has 0 radical (unpaired) electrons. The molecule has 2 atom stereocenters. The number of carbonyl (C=O) groups excluding carboxylic acids is 1. The van der Waals surface area contributed by atoms with E-state index in [0.717, 1.165) is 12.8 Å². The van der Waals surface area contributed by atoms with Crippen molar-refractivity contribution in [1.29, 1.82) is 0 Å². The molecule has 15 heavy (non-hydrogen) atoms. The van der Waals surface area contributed by atoms with Gasteiger partial charge in [0.15, 0.2) is 0 Å². The normalized spacial score (nSPS) is 34.3. The van der Waals surface area contributed by atoms with E-state index in [1.54, 1.807) is 0 Å². The lowest BCUT2D eigenvalue weighted by Gasteiger charge is -2.27. The third-order valence-corrected chi connectivity index (χ3v) is 3.56. The second kappa shape index (κ2) is 4.10. The van der Waals surface area contributed by atoms with Gasteiger partial charge >= 0.3 is 0 Å². The average molecular weight is 212 g/mol. The molecule has 1 aliphatic carbocycles. The van der Waals surface area contributed by atoms with E-state index < -0.39 is 0 Å². The van der Waals surface area contributed by atoms with Crippen LogP contribution in [0.2, 0.25) is 0 Å². The fourth-order valence-corrected chi connectivity index (χ4v) is 2.58. The number of carbonyl (C=O) groups is 1. The predicted molar refractivity (Wildman–Crippen MR) is 57.4 cm³/mol. The van der Waals surface area contributed by atoms with Crippen LogP contribution in [0.4, 0.5) is 0 Å². The molecular weight excluding hydrogens is 192 g/mol. The van der Waals surface area contributed by atoms with E-state index in [1.807, 2.05) is 0 Å². The fourth-order valence-electron chi connectivity index (χ4n) is 2.58. The van der Waals surface area contributed by atoms with Gasteiger partial charge in [-0.05, 0) is 26.2 Å². The van der Waals surface area contributed by atoms with E-state index in [-0.39, 0.29) is 23.6 Å². The summed E-state index contributed by atoms with van der Waals surface area (Å²) in [4.78, 5) is 11.9. The Hall–Kier alpha value is -0.610. The van der Waals surface area contributed by atoms with Crippen LogP contribution in [-0.2, 0) is 4.79 Å². The fraction of sp³-hybridized carbons (Fsp3) is 0.909. The van der Waals surface area contributed by atoms with E-state index in [9.17, 15) is 9.90 Å².